The van der Waals surface area contributed by atoms with Gasteiger partial charge in [-0.05, 0) is 43.7 Å². The number of anilines is 1. The van der Waals surface area contributed by atoms with E-state index in [4.69, 9.17) is 10.2 Å². The topological polar surface area (TPSA) is 75.6 Å². The minimum Gasteiger partial charge on any atom is -0.423 e. The van der Waals surface area contributed by atoms with Crippen LogP contribution in [0.2, 0.25) is 0 Å². The van der Waals surface area contributed by atoms with Gasteiger partial charge in [0.15, 0.2) is 5.58 Å². The minimum atomic E-state index is 0.0954. The maximum absolute atomic E-state index is 13.0. The molecule has 6 nitrogen and oxygen atoms in total. The second-order valence-electron chi connectivity index (χ2n) is 7.78. The van der Waals surface area contributed by atoms with Gasteiger partial charge in [-0.1, -0.05) is 19.1 Å². The van der Waals surface area contributed by atoms with E-state index in [9.17, 15) is 4.79 Å². The van der Waals surface area contributed by atoms with Gasteiger partial charge in [-0.3, -0.25) is 4.79 Å². The van der Waals surface area contributed by atoms with Crippen LogP contribution in [0.1, 0.15) is 32.6 Å². The number of carbonyl (C=O) groups is 1. The van der Waals surface area contributed by atoms with Gasteiger partial charge in [-0.15, -0.1) is 0 Å². The Balaban J connectivity index is 1.39. The number of rotatable bonds is 3. The number of fused-ring (bicyclic) bond motifs is 1. The standard InChI is InChI=1S/C20H28N4O2/c1-14-6-11-24(16(12-14)13-21)19(25)15-7-9-23(10-8-15)20-22-17-4-2-3-5-18(17)26-20/h2-5,14-16H,6-13,21H2,1H3. The molecule has 1 aromatic carbocycles. The molecule has 2 unspecified atom stereocenters. The number of likely N-dealkylation sites (tertiary alicyclic amines) is 1. The van der Waals surface area contributed by atoms with E-state index >= 15 is 0 Å². The molecule has 2 aromatic rings. The van der Waals surface area contributed by atoms with Gasteiger partial charge in [-0.25, -0.2) is 0 Å². The van der Waals surface area contributed by atoms with Gasteiger partial charge in [0.05, 0.1) is 0 Å². The lowest BCUT2D eigenvalue weighted by Gasteiger charge is -2.41. The predicted molar refractivity (Wildman–Crippen MR) is 102 cm³/mol. The van der Waals surface area contributed by atoms with Gasteiger partial charge in [0.1, 0.15) is 5.52 Å². The Labute approximate surface area is 154 Å². The van der Waals surface area contributed by atoms with Crippen LogP contribution in [0.5, 0.6) is 0 Å². The molecule has 2 atom stereocenters. The zero-order chi connectivity index (χ0) is 18.1. The first kappa shape index (κ1) is 17.3. The van der Waals surface area contributed by atoms with Crippen molar-refractivity contribution in [2.45, 2.75) is 38.6 Å². The highest BCUT2D eigenvalue weighted by Crippen LogP contribution is 2.29. The largest absolute Gasteiger partial charge is 0.423 e. The number of oxazole rings is 1. The zero-order valence-corrected chi connectivity index (χ0v) is 15.4. The molecule has 4 rings (SSSR count). The Kier molecular flexibility index (Phi) is 4.85. The lowest BCUT2D eigenvalue weighted by Crippen LogP contribution is -2.52. The van der Waals surface area contributed by atoms with Crippen LogP contribution in [-0.4, -0.2) is 48.0 Å². The van der Waals surface area contributed by atoms with Gasteiger partial charge in [0.2, 0.25) is 5.91 Å². The third kappa shape index (κ3) is 3.30. The quantitative estimate of drug-likeness (QED) is 0.915. The Bertz CT molecular complexity index is 733. The highest BCUT2D eigenvalue weighted by atomic mass is 16.4. The number of para-hydroxylation sites is 2. The van der Waals surface area contributed by atoms with Crippen molar-refractivity contribution in [3.05, 3.63) is 24.3 Å². The number of amides is 1. The Hall–Kier alpha value is -2.08. The third-order valence-electron chi connectivity index (χ3n) is 5.93. The number of piperidine rings is 2. The van der Waals surface area contributed by atoms with Crippen molar-refractivity contribution in [1.82, 2.24) is 9.88 Å². The molecule has 2 aliphatic heterocycles. The Morgan fingerprint density at radius 1 is 1.23 bits per heavy atom. The number of hydrogen-bond donors (Lipinski definition) is 1. The van der Waals surface area contributed by atoms with Crippen LogP contribution < -0.4 is 10.6 Å². The first-order valence-electron chi connectivity index (χ1n) is 9.76. The summed E-state index contributed by atoms with van der Waals surface area (Å²) in [6.07, 6.45) is 3.82. The van der Waals surface area contributed by atoms with Crippen LogP contribution in [0.3, 0.4) is 0 Å². The maximum atomic E-state index is 13.0. The summed E-state index contributed by atoms with van der Waals surface area (Å²) < 4.78 is 5.87. The minimum absolute atomic E-state index is 0.0954. The van der Waals surface area contributed by atoms with Gasteiger partial charge >= 0.3 is 0 Å². The summed E-state index contributed by atoms with van der Waals surface area (Å²) in [6, 6.07) is 8.70. The molecular formula is C20H28N4O2. The van der Waals surface area contributed by atoms with Crippen LogP contribution in [0.4, 0.5) is 6.01 Å². The summed E-state index contributed by atoms with van der Waals surface area (Å²) >= 11 is 0. The first-order valence-corrected chi connectivity index (χ1v) is 9.76. The molecule has 0 radical (unpaired) electrons. The second-order valence-corrected chi connectivity index (χ2v) is 7.78. The van der Waals surface area contributed by atoms with E-state index in [0.29, 0.717) is 24.4 Å². The van der Waals surface area contributed by atoms with E-state index in [-0.39, 0.29) is 12.0 Å². The molecule has 140 valence electrons. The molecule has 0 spiro atoms. The fourth-order valence-corrected chi connectivity index (χ4v) is 4.31. The lowest BCUT2D eigenvalue weighted by atomic mass is 9.89. The van der Waals surface area contributed by atoms with Crippen molar-refractivity contribution >= 4 is 23.0 Å². The number of nitrogens with two attached hydrogens (primary N) is 1. The molecule has 2 aliphatic rings. The van der Waals surface area contributed by atoms with Crippen molar-refractivity contribution in [1.29, 1.82) is 0 Å². The number of nitrogens with zero attached hydrogens (tertiary/aromatic N) is 3. The smallest absolute Gasteiger partial charge is 0.298 e. The van der Waals surface area contributed by atoms with Crippen LogP contribution in [0, 0.1) is 11.8 Å². The van der Waals surface area contributed by atoms with Gasteiger partial charge in [0, 0.05) is 38.1 Å². The number of hydrogen-bond acceptors (Lipinski definition) is 5. The van der Waals surface area contributed by atoms with Crippen LogP contribution in [0.25, 0.3) is 11.1 Å². The fourth-order valence-electron chi connectivity index (χ4n) is 4.31. The summed E-state index contributed by atoms with van der Waals surface area (Å²) in [7, 11) is 0. The highest BCUT2D eigenvalue weighted by molar-refractivity contribution is 5.80. The van der Waals surface area contributed by atoms with Crippen molar-refractivity contribution in [3.8, 4) is 0 Å². The van der Waals surface area contributed by atoms with Gasteiger partial charge in [0.25, 0.3) is 6.01 Å². The molecule has 2 fully saturated rings. The normalized spacial score (nSPS) is 25.0. The molecule has 0 saturated carbocycles. The van der Waals surface area contributed by atoms with Crippen LogP contribution in [0.15, 0.2) is 28.7 Å². The van der Waals surface area contributed by atoms with E-state index in [0.717, 1.165) is 56.4 Å². The van der Waals surface area contributed by atoms with Gasteiger partial charge < -0.3 is 20.0 Å². The summed E-state index contributed by atoms with van der Waals surface area (Å²) in [5.74, 6) is 1.05. The fraction of sp³-hybridized carbons (Fsp3) is 0.600. The van der Waals surface area contributed by atoms with Crippen molar-refractivity contribution in [2.75, 3.05) is 31.1 Å². The third-order valence-corrected chi connectivity index (χ3v) is 5.93. The van der Waals surface area contributed by atoms with Crippen molar-refractivity contribution < 1.29 is 9.21 Å². The molecule has 3 heterocycles. The molecular weight excluding hydrogens is 328 g/mol. The van der Waals surface area contributed by atoms with E-state index in [1.165, 1.54) is 0 Å². The molecule has 6 heteroatoms. The van der Waals surface area contributed by atoms with E-state index in [1.54, 1.807) is 0 Å². The summed E-state index contributed by atoms with van der Waals surface area (Å²) in [4.78, 5) is 21.8. The van der Waals surface area contributed by atoms with E-state index < -0.39 is 0 Å². The molecule has 2 saturated heterocycles. The van der Waals surface area contributed by atoms with Crippen LogP contribution >= 0.6 is 0 Å². The predicted octanol–water partition coefficient (Wildman–Crippen LogP) is 2.63. The molecule has 2 N–H and O–H groups in total. The molecule has 1 aromatic heterocycles. The second kappa shape index (κ2) is 7.27. The molecule has 0 bridgehead atoms. The molecule has 0 aliphatic carbocycles. The van der Waals surface area contributed by atoms with E-state index in [2.05, 4.69) is 21.7 Å². The zero-order valence-electron chi connectivity index (χ0n) is 15.4. The van der Waals surface area contributed by atoms with E-state index in [1.807, 2.05) is 24.3 Å². The van der Waals surface area contributed by atoms with Crippen molar-refractivity contribution in [2.24, 2.45) is 17.6 Å². The average molecular weight is 356 g/mol. The summed E-state index contributed by atoms with van der Waals surface area (Å²) in [5, 5.41) is 0. The number of aromatic nitrogens is 1. The monoisotopic (exact) mass is 356 g/mol. The Morgan fingerprint density at radius 2 is 2.00 bits per heavy atom. The van der Waals surface area contributed by atoms with Crippen molar-refractivity contribution in [3.63, 3.8) is 0 Å². The Morgan fingerprint density at radius 3 is 2.73 bits per heavy atom. The number of carbonyl (C=O) groups excluding carboxylic acids is 1. The summed E-state index contributed by atoms with van der Waals surface area (Å²) in [5.41, 5.74) is 7.63. The SMILES string of the molecule is CC1CCN(C(=O)C2CCN(c3nc4ccccc4o3)CC2)C(CN)C1. The molecule has 1 amide bonds. The first-order chi connectivity index (χ1) is 12.7. The van der Waals surface area contributed by atoms with Gasteiger partial charge in [-0.2, -0.15) is 4.98 Å². The van der Waals surface area contributed by atoms with Crippen LogP contribution in [-0.2, 0) is 4.79 Å². The highest BCUT2D eigenvalue weighted by Gasteiger charge is 2.35. The lowest BCUT2D eigenvalue weighted by molar-refractivity contribution is -0.140. The maximum Gasteiger partial charge on any atom is 0.298 e. The summed E-state index contributed by atoms with van der Waals surface area (Å²) in [6.45, 7) is 5.29. The molecule has 26 heavy (non-hydrogen) atoms. The average Bonchev–Trinajstić information content (AvgIpc) is 3.11. The number of benzene rings is 1.